The lowest BCUT2D eigenvalue weighted by atomic mass is 10.0. The Bertz CT molecular complexity index is 888. The Balaban J connectivity index is 1.57. The molecular formula is C15H12N4O3S2. The van der Waals surface area contributed by atoms with E-state index < -0.39 is 11.6 Å². The highest BCUT2D eigenvalue weighted by atomic mass is 32.1. The second kappa shape index (κ2) is 5.53. The van der Waals surface area contributed by atoms with Gasteiger partial charge in [-0.25, -0.2) is 4.79 Å². The molecule has 3 aromatic heterocycles. The van der Waals surface area contributed by atoms with Crippen LogP contribution in [0.5, 0.6) is 0 Å². The van der Waals surface area contributed by atoms with E-state index in [0.29, 0.717) is 5.82 Å². The number of imide groups is 1. The number of rotatable bonds is 4. The molecule has 1 saturated heterocycles. The van der Waals surface area contributed by atoms with E-state index in [9.17, 15) is 9.59 Å². The number of hydrogen-bond donors (Lipinski definition) is 1. The van der Waals surface area contributed by atoms with Crippen molar-refractivity contribution < 1.29 is 14.1 Å². The van der Waals surface area contributed by atoms with Crippen LogP contribution in [0.2, 0.25) is 0 Å². The molecule has 0 aliphatic carbocycles. The largest absolute Gasteiger partial charge is 0.337 e. The molecule has 1 fully saturated rings. The molecule has 0 bridgehead atoms. The van der Waals surface area contributed by atoms with Gasteiger partial charge in [0.2, 0.25) is 11.7 Å². The molecule has 0 aromatic carbocycles. The summed E-state index contributed by atoms with van der Waals surface area (Å²) >= 11 is 2.91. The molecule has 4 rings (SSSR count). The third kappa shape index (κ3) is 2.33. The van der Waals surface area contributed by atoms with E-state index in [2.05, 4.69) is 15.5 Å². The molecule has 1 N–H and O–H groups in total. The monoisotopic (exact) mass is 360 g/mol. The topological polar surface area (TPSA) is 88.3 Å². The number of hydrogen-bond acceptors (Lipinski definition) is 7. The Hall–Kier alpha value is -2.52. The molecule has 0 radical (unpaired) electrons. The first-order valence-electron chi connectivity index (χ1n) is 7.12. The highest BCUT2D eigenvalue weighted by Gasteiger charge is 2.50. The highest BCUT2D eigenvalue weighted by Crippen LogP contribution is 2.32. The van der Waals surface area contributed by atoms with Gasteiger partial charge in [-0.2, -0.15) is 4.98 Å². The Morgan fingerprint density at radius 1 is 1.25 bits per heavy atom. The van der Waals surface area contributed by atoms with Gasteiger partial charge in [0.15, 0.2) is 5.54 Å². The lowest BCUT2D eigenvalue weighted by molar-refractivity contribution is -0.131. The Morgan fingerprint density at radius 3 is 2.75 bits per heavy atom. The van der Waals surface area contributed by atoms with Crippen LogP contribution >= 0.6 is 22.7 Å². The molecule has 24 heavy (non-hydrogen) atoms. The summed E-state index contributed by atoms with van der Waals surface area (Å²) in [6.07, 6.45) is 0. The van der Waals surface area contributed by atoms with Gasteiger partial charge in [-0.05, 0) is 29.8 Å². The lowest BCUT2D eigenvalue weighted by Crippen LogP contribution is -2.40. The first-order valence-corrected chi connectivity index (χ1v) is 8.88. The van der Waals surface area contributed by atoms with Crippen LogP contribution < -0.4 is 5.32 Å². The van der Waals surface area contributed by atoms with Crippen molar-refractivity contribution in [1.82, 2.24) is 20.4 Å². The molecule has 3 aromatic rings. The van der Waals surface area contributed by atoms with E-state index in [1.165, 1.54) is 22.7 Å². The molecule has 0 spiro atoms. The molecule has 1 aliphatic heterocycles. The van der Waals surface area contributed by atoms with Gasteiger partial charge in [0.25, 0.3) is 5.91 Å². The SMILES string of the molecule is CC1(c2cccs2)NC(=O)N(Cc2nc(-c3cccs3)no2)C1=O. The van der Waals surface area contributed by atoms with Gasteiger partial charge in [-0.15, -0.1) is 22.7 Å². The van der Waals surface area contributed by atoms with Gasteiger partial charge in [0, 0.05) is 4.88 Å². The summed E-state index contributed by atoms with van der Waals surface area (Å²) in [5, 5.41) is 10.4. The third-order valence-electron chi connectivity index (χ3n) is 3.79. The predicted octanol–water partition coefficient (Wildman–Crippen LogP) is 2.83. The highest BCUT2D eigenvalue weighted by molar-refractivity contribution is 7.13. The van der Waals surface area contributed by atoms with Crippen molar-refractivity contribution in [3.05, 3.63) is 45.8 Å². The van der Waals surface area contributed by atoms with Crippen LogP contribution in [0, 0.1) is 0 Å². The maximum Gasteiger partial charge on any atom is 0.325 e. The van der Waals surface area contributed by atoms with Crippen molar-refractivity contribution >= 4 is 34.6 Å². The summed E-state index contributed by atoms with van der Waals surface area (Å²) in [6.45, 7) is 1.65. The van der Waals surface area contributed by atoms with E-state index in [1.807, 2.05) is 35.0 Å². The Morgan fingerprint density at radius 2 is 2.04 bits per heavy atom. The molecule has 7 nitrogen and oxygen atoms in total. The molecule has 9 heteroatoms. The van der Waals surface area contributed by atoms with Crippen LogP contribution in [0.15, 0.2) is 39.5 Å². The number of carbonyl (C=O) groups is 2. The van der Waals surface area contributed by atoms with Crippen LogP contribution in [0.1, 0.15) is 17.7 Å². The predicted molar refractivity (Wildman–Crippen MR) is 88.4 cm³/mol. The minimum atomic E-state index is -1.05. The van der Waals surface area contributed by atoms with Gasteiger partial charge < -0.3 is 9.84 Å². The normalized spacial score (nSPS) is 20.6. The molecule has 122 valence electrons. The standard InChI is InChI=1S/C15H12N4O3S2/c1-15(10-5-3-7-24-10)13(20)19(14(21)17-15)8-11-16-12(18-22-11)9-4-2-6-23-9/h2-7H,8H2,1H3,(H,17,21). The van der Waals surface area contributed by atoms with E-state index in [4.69, 9.17) is 4.52 Å². The number of aromatic nitrogens is 2. The summed E-state index contributed by atoms with van der Waals surface area (Å²) in [5.41, 5.74) is -1.05. The number of carbonyl (C=O) groups excluding carboxylic acids is 2. The van der Waals surface area contributed by atoms with Crippen LogP contribution in [-0.4, -0.2) is 27.0 Å². The van der Waals surface area contributed by atoms with Crippen molar-refractivity contribution in [3.8, 4) is 10.7 Å². The fraction of sp³-hybridized carbons (Fsp3) is 0.200. The minimum Gasteiger partial charge on any atom is -0.337 e. The van der Waals surface area contributed by atoms with Gasteiger partial charge in [0.1, 0.15) is 6.54 Å². The van der Waals surface area contributed by atoms with Gasteiger partial charge in [-0.1, -0.05) is 17.3 Å². The lowest BCUT2D eigenvalue weighted by Gasteiger charge is -2.19. The maximum atomic E-state index is 12.7. The quantitative estimate of drug-likeness (QED) is 0.723. The van der Waals surface area contributed by atoms with Gasteiger partial charge in [-0.3, -0.25) is 9.69 Å². The van der Waals surface area contributed by atoms with E-state index >= 15 is 0 Å². The molecular weight excluding hydrogens is 348 g/mol. The first-order chi connectivity index (χ1) is 11.6. The summed E-state index contributed by atoms with van der Waals surface area (Å²) in [7, 11) is 0. The smallest absolute Gasteiger partial charge is 0.325 e. The molecule has 3 amide bonds. The number of amides is 3. The van der Waals surface area contributed by atoms with E-state index in [1.54, 1.807) is 6.92 Å². The second-order valence-electron chi connectivity index (χ2n) is 5.41. The zero-order valence-corrected chi connectivity index (χ0v) is 14.2. The summed E-state index contributed by atoms with van der Waals surface area (Å²) < 4.78 is 5.18. The van der Waals surface area contributed by atoms with Crippen LogP contribution in [0.4, 0.5) is 4.79 Å². The fourth-order valence-electron chi connectivity index (χ4n) is 2.53. The maximum absolute atomic E-state index is 12.7. The summed E-state index contributed by atoms with van der Waals surface area (Å²) in [6, 6.07) is 6.97. The molecule has 1 atom stereocenters. The van der Waals surface area contributed by atoms with Gasteiger partial charge in [0.05, 0.1) is 4.88 Å². The Labute approximate surface area is 144 Å². The van der Waals surface area contributed by atoms with Crippen molar-refractivity contribution in [2.24, 2.45) is 0 Å². The van der Waals surface area contributed by atoms with Crippen LogP contribution in [0.3, 0.4) is 0 Å². The third-order valence-corrected chi connectivity index (χ3v) is 5.75. The molecule has 4 heterocycles. The fourth-order valence-corrected chi connectivity index (χ4v) is 4.01. The minimum absolute atomic E-state index is 0.0516. The first kappa shape index (κ1) is 15.0. The number of nitrogens with zero attached hydrogens (tertiary/aromatic N) is 3. The van der Waals surface area contributed by atoms with Crippen molar-refractivity contribution in [2.75, 3.05) is 0 Å². The number of urea groups is 1. The summed E-state index contributed by atoms with van der Waals surface area (Å²) in [5.74, 6) is 0.344. The van der Waals surface area contributed by atoms with Crippen molar-refractivity contribution in [2.45, 2.75) is 19.0 Å². The average molecular weight is 360 g/mol. The second-order valence-corrected chi connectivity index (χ2v) is 7.31. The van der Waals surface area contributed by atoms with Crippen molar-refractivity contribution in [1.29, 1.82) is 0 Å². The number of thiophene rings is 2. The molecule has 0 saturated carbocycles. The van der Waals surface area contributed by atoms with Gasteiger partial charge >= 0.3 is 6.03 Å². The molecule has 1 aliphatic rings. The van der Waals surface area contributed by atoms with Crippen LogP contribution in [-0.2, 0) is 16.9 Å². The van der Waals surface area contributed by atoms with Crippen molar-refractivity contribution in [3.63, 3.8) is 0 Å². The Kier molecular flexibility index (Phi) is 3.47. The zero-order valence-electron chi connectivity index (χ0n) is 12.6. The van der Waals surface area contributed by atoms with Crippen LogP contribution in [0.25, 0.3) is 10.7 Å². The van der Waals surface area contributed by atoms with E-state index in [-0.39, 0.29) is 18.3 Å². The number of nitrogens with one attached hydrogen (secondary N) is 1. The zero-order chi connectivity index (χ0) is 16.7. The summed E-state index contributed by atoms with van der Waals surface area (Å²) in [4.78, 5) is 32.0. The average Bonchev–Trinajstić information content (AvgIpc) is 3.34. The van der Waals surface area contributed by atoms with E-state index in [0.717, 1.165) is 14.7 Å². The molecule has 1 unspecified atom stereocenters.